The molecule has 0 saturated heterocycles. The third-order valence-corrected chi connectivity index (χ3v) is 2.16. The van der Waals surface area contributed by atoms with E-state index in [1.54, 1.807) is 6.07 Å². The molecule has 0 aliphatic rings. The summed E-state index contributed by atoms with van der Waals surface area (Å²) < 4.78 is 4.70. The molecule has 0 bridgehead atoms. The number of ether oxygens (including phenoxy) is 1. The maximum Gasteiger partial charge on any atom is 0.338 e. The van der Waals surface area contributed by atoms with Gasteiger partial charge in [0.25, 0.3) is 0 Å². The normalized spacial score (nSPS) is 9.86. The van der Waals surface area contributed by atoms with Crippen molar-refractivity contribution < 1.29 is 9.53 Å². The van der Waals surface area contributed by atoms with Crippen molar-refractivity contribution in [1.29, 1.82) is 0 Å². The van der Waals surface area contributed by atoms with E-state index in [1.807, 2.05) is 12.1 Å². The molecule has 75 valence electrons. The Morgan fingerprint density at radius 2 is 2.36 bits per heavy atom. The Hall–Kier alpha value is -1.31. The molecule has 0 saturated carbocycles. The number of rotatable bonds is 4. The average molecular weight is 191 g/mol. The quantitative estimate of drug-likeness (QED) is 0.684. The van der Waals surface area contributed by atoms with Crippen LogP contribution in [0.25, 0.3) is 0 Å². The van der Waals surface area contributed by atoms with E-state index in [4.69, 9.17) is 4.74 Å². The lowest BCUT2D eigenvalue weighted by atomic mass is 10.0. The molecule has 0 spiro atoms. The number of benzene rings is 1. The fourth-order valence-corrected chi connectivity index (χ4v) is 1.35. The molecule has 1 aromatic carbocycles. The molecule has 0 aromatic heterocycles. The molecule has 1 radical (unpaired) electrons. The van der Waals surface area contributed by atoms with Crippen LogP contribution in [0.3, 0.4) is 0 Å². The van der Waals surface area contributed by atoms with Gasteiger partial charge in [0.2, 0.25) is 0 Å². The molecule has 2 nitrogen and oxygen atoms in total. The Morgan fingerprint density at radius 1 is 1.57 bits per heavy atom. The number of unbranched alkanes of at least 4 members (excludes halogenated alkanes) is 1. The first-order valence-corrected chi connectivity index (χ1v) is 4.87. The fourth-order valence-electron chi connectivity index (χ4n) is 1.35. The van der Waals surface area contributed by atoms with E-state index in [0.717, 1.165) is 24.8 Å². The van der Waals surface area contributed by atoms with Crippen LogP contribution in [0.15, 0.2) is 18.2 Å². The van der Waals surface area contributed by atoms with Crippen molar-refractivity contribution in [2.45, 2.75) is 26.2 Å². The number of hydrogen-bond acceptors (Lipinski definition) is 2. The summed E-state index contributed by atoms with van der Waals surface area (Å²) in [7, 11) is 1.40. The Kier molecular flexibility index (Phi) is 4.17. The van der Waals surface area contributed by atoms with Gasteiger partial charge in [-0.25, -0.2) is 4.79 Å². The zero-order valence-electron chi connectivity index (χ0n) is 8.67. The van der Waals surface area contributed by atoms with Gasteiger partial charge in [-0.05, 0) is 30.5 Å². The van der Waals surface area contributed by atoms with E-state index in [-0.39, 0.29) is 5.97 Å². The number of carbonyl (C=O) groups is 1. The fraction of sp³-hybridized carbons (Fsp3) is 0.417. The van der Waals surface area contributed by atoms with Crippen LogP contribution in [0.5, 0.6) is 0 Å². The molecule has 0 unspecified atom stereocenters. The van der Waals surface area contributed by atoms with Gasteiger partial charge < -0.3 is 4.74 Å². The summed E-state index contributed by atoms with van der Waals surface area (Å²) in [5, 5.41) is 0. The highest BCUT2D eigenvalue weighted by molar-refractivity contribution is 5.90. The number of carbonyl (C=O) groups excluding carboxylic acids is 1. The monoisotopic (exact) mass is 191 g/mol. The Bertz CT molecular complexity index is 305. The summed E-state index contributed by atoms with van der Waals surface area (Å²) in [6, 6.07) is 8.35. The molecule has 2 heteroatoms. The summed E-state index contributed by atoms with van der Waals surface area (Å²) in [4.78, 5) is 11.4. The van der Waals surface area contributed by atoms with Crippen molar-refractivity contribution in [3.8, 4) is 0 Å². The van der Waals surface area contributed by atoms with E-state index >= 15 is 0 Å². The Morgan fingerprint density at radius 3 is 3.00 bits per heavy atom. The molecule has 0 amide bonds. The molecule has 14 heavy (non-hydrogen) atoms. The lowest BCUT2D eigenvalue weighted by Gasteiger charge is -2.06. The second-order valence-electron chi connectivity index (χ2n) is 3.18. The summed E-state index contributed by atoms with van der Waals surface area (Å²) >= 11 is 0. The van der Waals surface area contributed by atoms with Gasteiger partial charge in [0.05, 0.1) is 12.7 Å². The number of hydrogen-bond donors (Lipinski definition) is 0. The van der Waals surface area contributed by atoms with Crippen LogP contribution in [-0.2, 0) is 11.2 Å². The first-order valence-electron chi connectivity index (χ1n) is 4.87. The van der Waals surface area contributed by atoms with Crippen LogP contribution in [0, 0.1) is 6.07 Å². The van der Waals surface area contributed by atoms with Crippen molar-refractivity contribution >= 4 is 5.97 Å². The highest BCUT2D eigenvalue weighted by atomic mass is 16.5. The topological polar surface area (TPSA) is 26.3 Å². The minimum Gasteiger partial charge on any atom is -0.465 e. The molecule has 0 aliphatic heterocycles. The lowest BCUT2D eigenvalue weighted by molar-refractivity contribution is 0.0599. The van der Waals surface area contributed by atoms with Gasteiger partial charge in [0.15, 0.2) is 0 Å². The molecule has 0 N–H and O–H groups in total. The van der Waals surface area contributed by atoms with Crippen LogP contribution < -0.4 is 0 Å². The smallest absolute Gasteiger partial charge is 0.338 e. The zero-order valence-corrected chi connectivity index (χ0v) is 8.67. The average Bonchev–Trinajstić information content (AvgIpc) is 2.25. The first-order chi connectivity index (χ1) is 6.79. The standard InChI is InChI=1S/C12H15O2/c1-3-4-7-10-8-5-6-9-11(10)12(13)14-2/h5,8-9H,3-4,7H2,1-2H3. The predicted molar refractivity (Wildman–Crippen MR) is 55.2 cm³/mol. The number of esters is 1. The van der Waals surface area contributed by atoms with Gasteiger partial charge in [-0.1, -0.05) is 25.5 Å². The maximum absolute atomic E-state index is 11.4. The minimum atomic E-state index is -0.270. The summed E-state index contributed by atoms with van der Waals surface area (Å²) in [5.74, 6) is -0.270. The van der Waals surface area contributed by atoms with Crippen molar-refractivity contribution in [3.05, 3.63) is 35.4 Å². The number of aryl methyl sites for hydroxylation is 1. The molecule has 1 aromatic rings. The largest absolute Gasteiger partial charge is 0.465 e. The minimum absolute atomic E-state index is 0.270. The molecular formula is C12H15O2. The van der Waals surface area contributed by atoms with Gasteiger partial charge in [-0.15, -0.1) is 0 Å². The molecular weight excluding hydrogens is 176 g/mol. The third kappa shape index (κ3) is 2.59. The van der Waals surface area contributed by atoms with E-state index in [0.29, 0.717) is 5.56 Å². The van der Waals surface area contributed by atoms with E-state index in [1.165, 1.54) is 7.11 Å². The van der Waals surface area contributed by atoms with Crippen LogP contribution in [0.2, 0.25) is 0 Å². The second kappa shape index (κ2) is 5.43. The summed E-state index contributed by atoms with van der Waals surface area (Å²) in [6.07, 6.45) is 3.14. The highest BCUT2D eigenvalue weighted by Gasteiger charge is 2.09. The molecule has 0 fully saturated rings. The third-order valence-electron chi connectivity index (χ3n) is 2.16. The van der Waals surface area contributed by atoms with Gasteiger partial charge >= 0.3 is 5.97 Å². The Balaban J connectivity index is 2.85. The molecule has 0 aliphatic carbocycles. The van der Waals surface area contributed by atoms with Crippen LogP contribution in [0.1, 0.15) is 35.7 Å². The predicted octanol–water partition coefficient (Wildman–Crippen LogP) is 2.62. The Labute approximate surface area is 84.9 Å². The van der Waals surface area contributed by atoms with Crippen LogP contribution >= 0.6 is 0 Å². The first kappa shape index (κ1) is 10.8. The molecule has 0 heterocycles. The van der Waals surface area contributed by atoms with E-state index in [9.17, 15) is 4.79 Å². The summed E-state index contributed by atoms with van der Waals surface area (Å²) in [6.45, 7) is 2.13. The SMILES string of the molecule is CCCCc1cc[c]cc1C(=O)OC. The van der Waals surface area contributed by atoms with Gasteiger partial charge in [0.1, 0.15) is 0 Å². The van der Waals surface area contributed by atoms with E-state index in [2.05, 4.69) is 13.0 Å². The van der Waals surface area contributed by atoms with Crippen molar-refractivity contribution in [2.75, 3.05) is 7.11 Å². The second-order valence-corrected chi connectivity index (χ2v) is 3.18. The highest BCUT2D eigenvalue weighted by Crippen LogP contribution is 2.12. The van der Waals surface area contributed by atoms with Gasteiger partial charge in [0, 0.05) is 0 Å². The van der Waals surface area contributed by atoms with Gasteiger partial charge in [-0.2, -0.15) is 0 Å². The maximum atomic E-state index is 11.4. The van der Waals surface area contributed by atoms with Crippen LogP contribution in [-0.4, -0.2) is 13.1 Å². The molecule has 1 rings (SSSR count). The van der Waals surface area contributed by atoms with Crippen molar-refractivity contribution in [2.24, 2.45) is 0 Å². The summed E-state index contributed by atoms with van der Waals surface area (Å²) in [5.41, 5.74) is 1.70. The van der Waals surface area contributed by atoms with Gasteiger partial charge in [-0.3, -0.25) is 0 Å². The van der Waals surface area contributed by atoms with Crippen molar-refractivity contribution in [1.82, 2.24) is 0 Å². The molecule has 0 atom stereocenters. The number of methoxy groups -OCH3 is 1. The zero-order chi connectivity index (χ0) is 10.4. The van der Waals surface area contributed by atoms with Crippen molar-refractivity contribution in [3.63, 3.8) is 0 Å². The lowest BCUT2D eigenvalue weighted by Crippen LogP contribution is -2.05. The van der Waals surface area contributed by atoms with Crippen LogP contribution in [0.4, 0.5) is 0 Å². The van der Waals surface area contributed by atoms with E-state index < -0.39 is 0 Å².